The predicted molar refractivity (Wildman–Crippen MR) is 75.5 cm³/mol. The van der Waals surface area contributed by atoms with Gasteiger partial charge in [-0.05, 0) is 46.8 Å². The van der Waals surface area contributed by atoms with Gasteiger partial charge >= 0.3 is 0 Å². The summed E-state index contributed by atoms with van der Waals surface area (Å²) in [5, 5.41) is 3.43. The molecule has 1 saturated heterocycles. The molecule has 102 valence electrons. The Kier molecular flexibility index (Phi) is 6.45. The third-order valence-electron chi connectivity index (χ3n) is 3.97. The lowest BCUT2D eigenvalue weighted by molar-refractivity contribution is 0.0860. The molecule has 3 heteroatoms. The minimum atomic E-state index is 0.350. The Bertz CT molecular complexity index is 198. The quantitative estimate of drug-likeness (QED) is 0.733. The second-order valence-corrected chi connectivity index (χ2v) is 5.96. The molecule has 0 radical (unpaired) electrons. The summed E-state index contributed by atoms with van der Waals surface area (Å²) in [4.78, 5) is 5.12. The fourth-order valence-electron chi connectivity index (χ4n) is 2.43. The summed E-state index contributed by atoms with van der Waals surface area (Å²) < 4.78 is 0. The smallest absolute Gasteiger partial charge is 0.0166 e. The van der Waals surface area contributed by atoms with Crippen molar-refractivity contribution >= 4 is 0 Å². The predicted octanol–water partition coefficient (Wildman–Crippen LogP) is 1.79. The third kappa shape index (κ3) is 5.36. The third-order valence-corrected chi connectivity index (χ3v) is 3.97. The van der Waals surface area contributed by atoms with Crippen LogP contribution in [0.2, 0.25) is 0 Å². The summed E-state index contributed by atoms with van der Waals surface area (Å²) in [6.07, 6.45) is 3.89. The topological polar surface area (TPSA) is 18.5 Å². The van der Waals surface area contributed by atoms with Crippen LogP contribution in [0.5, 0.6) is 0 Å². The first kappa shape index (κ1) is 14.9. The van der Waals surface area contributed by atoms with Gasteiger partial charge in [-0.1, -0.05) is 13.3 Å². The minimum Gasteiger partial charge on any atom is -0.314 e. The Morgan fingerprint density at radius 1 is 1.18 bits per heavy atom. The molecule has 0 amide bonds. The molecule has 3 nitrogen and oxygen atoms in total. The van der Waals surface area contributed by atoms with E-state index in [1.165, 1.54) is 45.4 Å². The number of nitrogens with one attached hydrogen (secondary N) is 1. The number of hydrogen-bond acceptors (Lipinski definition) is 3. The Labute approximate surface area is 108 Å². The normalized spacial score (nSPS) is 18.9. The van der Waals surface area contributed by atoms with E-state index in [1.54, 1.807) is 0 Å². The number of rotatable bonds is 7. The van der Waals surface area contributed by atoms with Crippen molar-refractivity contribution in [2.45, 2.75) is 45.6 Å². The lowest BCUT2D eigenvalue weighted by atomic mass is 9.97. The molecular weight excluding hydrogens is 210 g/mol. The van der Waals surface area contributed by atoms with Gasteiger partial charge in [-0.3, -0.25) is 4.90 Å². The molecule has 1 N–H and O–H groups in total. The second kappa shape index (κ2) is 7.34. The molecular formula is C14H31N3. The molecule has 17 heavy (non-hydrogen) atoms. The highest BCUT2D eigenvalue weighted by Crippen LogP contribution is 2.19. The summed E-state index contributed by atoms with van der Waals surface area (Å²) in [6, 6.07) is 0. The summed E-state index contributed by atoms with van der Waals surface area (Å²) >= 11 is 0. The molecule has 0 aromatic heterocycles. The molecule has 0 aromatic carbocycles. The molecule has 1 aliphatic rings. The first-order chi connectivity index (χ1) is 8.06. The van der Waals surface area contributed by atoms with Gasteiger partial charge in [-0.25, -0.2) is 0 Å². The largest absolute Gasteiger partial charge is 0.314 e. The summed E-state index contributed by atoms with van der Waals surface area (Å²) in [5.74, 6) is 0. The van der Waals surface area contributed by atoms with Crippen molar-refractivity contribution in [2.24, 2.45) is 0 Å². The average molecular weight is 241 g/mol. The highest BCUT2D eigenvalue weighted by Gasteiger charge is 2.27. The van der Waals surface area contributed by atoms with Crippen LogP contribution in [0.1, 0.15) is 40.0 Å². The molecule has 0 aromatic rings. The minimum absolute atomic E-state index is 0.350. The van der Waals surface area contributed by atoms with Crippen LogP contribution in [0.4, 0.5) is 0 Å². The van der Waals surface area contributed by atoms with E-state index in [1.807, 2.05) is 0 Å². The van der Waals surface area contributed by atoms with Gasteiger partial charge in [-0.15, -0.1) is 0 Å². The average Bonchev–Trinajstić information content (AvgIpc) is 2.35. The van der Waals surface area contributed by atoms with E-state index < -0.39 is 0 Å². The van der Waals surface area contributed by atoms with Crippen LogP contribution in [0, 0.1) is 0 Å². The van der Waals surface area contributed by atoms with E-state index in [0.29, 0.717) is 5.54 Å². The SMILES string of the molecule is CCCCN(C)CCC(C)(C)N1CCNCC1. The number of piperazine rings is 1. The first-order valence-corrected chi connectivity index (χ1v) is 7.20. The summed E-state index contributed by atoms with van der Waals surface area (Å²) in [6.45, 7) is 14.2. The van der Waals surface area contributed by atoms with Crippen LogP contribution in [0.25, 0.3) is 0 Å². The van der Waals surface area contributed by atoms with Crippen molar-refractivity contribution < 1.29 is 0 Å². The Hall–Kier alpha value is -0.120. The molecule has 1 heterocycles. The zero-order valence-electron chi connectivity index (χ0n) is 12.3. The van der Waals surface area contributed by atoms with Crippen LogP contribution in [-0.4, -0.2) is 61.7 Å². The number of nitrogens with zero attached hydrogens (tertiary/aromatic N) is 2. The first-order valence-electron chi connectivity index (χ1n) is 7.20. The van der Waals surface area contributed by atoms with Crippen molar-refractivity contribution in [2.75, 3.05) is 46.3 Å². The van der Waals surface area contributed by atoms with Crippen LogP contribution in [-0.2, 0) is 0 Å². The van der Waals surface area contributed by atoms with Gasteiger partial charge in [0.2, 0.25) is 0 Å². The molecule has 1 fully saturated rings. The highest BCUT2D eigenvalue weighted by atomic mass is 15.2. The van der Waals surface area contributed by atoms with E-state index in [4.69, 9.17) is 0 Å². The Morgan fingerprint density at radius 2 is 1.82 bits per heavy atom. The van der Waals surface area contributed by atoms with Crippen LogP contribution in [0.15, 0.2) is 0 Å². The van der Waals surface area contributed by atoms with Gasteiger partial charge in [0.15, 0.2) is 0 Å². The molecule has 1 aliphatic heterocycles. The van der Waals surface area contributed by atoms with Crippen molar-refractivity contribution in [3.05, 3.63) is 0 Å². The zero-order chi connectivity index (χ0) is 12.7. The fourth-order valence-corrected chi connectivity index (χ4v) is 2.43. The number of unbranched alkanes of at least 4 members (excludes halogenated alkanes) is 1. The zero-order valence-corrected chi connectivity index (χ0v) is 12.3. The monoisotopic (exact) mass is 241 g/mol. The summed E-state index contributed by atoms with van der Waals surface area (Å²) in [7, 11) is 2.25. The molecule has 0 saturated carbocycles. The highest BCUT2D eigenvalue weighted by molar-refractivity contribution is 4.85. The van der Waals surface area contributed by atoms with E-state index in [9.17, 15) is 0 Å². The molecule has 0 spiro atoms. The Balaban J connectivity index is 2.27. The van der Waals surface area contributed by atoms with Crippen LogP contribution < -0.4 is 5.32 Å². The van der Waals surface area contributed by atoms with Gasteiger partial charge in [0, 0.05) is 31.7 Å². The maximum absolute atomic E-state index is 3.43. The van der Waals surface area contributed by atoms with Crippen molar-refractivity contribution in [1.29, 1.82) is 0 Å². The van der Waals surface area contributed by atoms with Gasteiger partial charge in [0.25, 0.3) is 0 Å². The van der Waals surface area contributed by atoms with Crippen molar-refractivity contribution in [1.82, 2.24) is 15.1 Å². The van der Waals surface area contributed by atoms with E-state index in [2.05, 4.69) is 42.9 Å². The van der Waals surface area contributed by atoms with Gasteiger partial charge < -0.3 is 10.2 Å². The molecule has 0 unspecified atom stereocenters. The molecule has 1 rings (SSSR count). The van der Waals surface area contributed by atoms with Gasteiger partial charge in [-0.2, -0.15) is 0 Å². The molecule has 0 aliphatic carbocycles. The van der Waals surface area contributed by atoms with Crippen LogP contribution in [0.3, 0.4) is 0 Å². The van der Waals surface area contributed by atoms with Crippen LogP contribution >= 0.6 is 0 Å². The number of hydrogen-bond donors (Lipinski definition) is 1. The fraction of sp³-hybridized carbons (Fsp3) is 1.00. The van der Waals surface area contributed by atoms with Gasteiger partial charge in [0.05, 0.1) is 0 Å². The maximum Gasteiger partial charge on any atom is 0.0166 e. The maximum atomic E-state index is 3.43. The Morgan fingerprint density at radius 3 is 2.41 bits per heavy atom. The second-order valence-electron chi connectivity index (χ2n) is 5.96. The molecule has 0 bridgehead atoms. The van der Waals surface area contributed by atoms with E-state index in [-0.39, 0.29) is 0 Å². The standard InChI is InChI=1S/C14H31N3/c1-5-6-10-16(4)11-7-14(2,3)17-12-8-15-9-13-17/h15H,5-13H2,1-4H3. The van der Waals surface area contributed by atoms with Gasteiger partial charge in [0.1, 0.15) is 0 Å². The van der Waals surface area contributed by atoms with E-state index >= 15 is 0 Å². The van der Waals surface area contributed by atoms with Crippen molar-refractivity contribution in [3.8, 4) is 0 Å². The lowest BCUT2D eigenvalue weighted by Crippen LogP contribution is -2.54. The summed E-state index contributed by atoms with van der Waals surface area (Å²) in [5.41, 5.74) is 0.350. The lowest BCUT2D eigenvalue weighted by Gasteiger charge is -2.42. The van der Waals surface area contributed by atoms with E-state index in [0.717, 1.165) is 13.1 Å². The van der Waals surface area contributed by atoms with Crippen molar-refractivity contribution in [3.63, 3.8) is 0 Å². The molecule has 0 atom stereocenters.